The minimum Gasteiger partial charge on any atom is -0.103 e. The number of hydrogen-bond donors (Lipinski definition) is 0. The average molecular weight is 199 g/mol. The third-order valence-corrected chi connectivity index (χ3v) is 2.11. The molecule has 1 aromatic carbocycles. The van der Waals surface area contributed by atoms with E-state index in [0.717, 1.165) is 24.0 Å². The lowest BCUT2D eigenvalue weighted by atomic mass is 10.0. The molecule has 0 aliphatic carbocycles. The molecule has 0 fully saturated rings. The zero-order valence-electron chi connectivity index (χ0n) is 8.56. The molecule has 0 saturated carbocycles. The number of nitrogens with zero attached hydrogens (tertiary/aromatic N) is 3. The van der Waals surface area contributed by atoms with Crippen molar-refractivity contribution in [3.63, 3.8) is 0 Å². The predicted molar refractivity (Wildman–Crippen MR) is 63.1 cm³/mol. The Morgan fingerprint density at radius 2 is 2.20 bits per heavy atom. The monoisotopic (exact) mass is 199 g/mol. The van der Waals surface area contributed by atoms with E-state index in [-0.39, 0.29) is 0 Å². The summed E-state index contributed by atoms with van der Waals surface area (Å²) in [6.07, 6.45) is 3.66. The lowest BCUT2D eigenvalue weighted by molar-refractivity contribution is 0.998. The molecule has 3 nitrogen and oxygen atoms in total. The van der Waals surface area contributed by atoms with Crippen LogP contribution in [0.25, 0.3) is 16.1 Å². The van der Waals surface area contributed by atoms with Crippen molar-refractivity contribution in [2.45, 2.75) is 12.8 Å². The van der Waals surface area contributed by atoms with Crippen LogP contribution >= 0.6 is 0 Å². The van der Waals surface area contributed by atoms with Crippen LogP contribution in [0, 0.1) is 0 Å². The zero-order chi connectivity index (χ0) is 11.1. The summed E-state index contributed by atoms with van der Waals surface area (Å²) < 4.78 is 0. The van der Waals surface area contributed by atoms with Crippen LogP contribution in [0.4, 0.5) is 0 Å². The predicted octanol–water partition coefficient (Wildman–Crippen LogP) is 4.09. The van der Waals surface area contributed by atoms with Gasteiger partial charge in [0, 0.05) is 10.6 Å². The number of allylic oxidation sites excluding steroid dienone is 1. The summed E-state index contributed by atoms with van der Waals surface area (Å²) >= 11 is 0. The third kappa shape index (κ3) is 3.01. The van der Waals surface area contributed by atoms with Gasteiger partial charge in [0.15, 0.2) is 0 Å². The van der Waals surface area contributed by atoms with Gasteiger partial charge in [0.05, 0.1) is 0 Å². The summed E-state index contributed by atoms with van der Waals surface area (Å²) in [5.41, 5.74) is 10.9. The molecule has 1 rings (SSSR count). The fraction of sp³-hybridized carbons (Fsp3) is 0.167. The van der Waals surface area contributed by atoms with E-state index in [1.807, 2.05) is 30.3 Å². The van der Waals surface area contributed by atoms with Crippen LogP contribution < -0.4 is 0 Å². The first kappa shape index (κ1) is 11.1. The van der Waals surface area contributed by atoms with Gasteiger partial charge in [0.2, 0.25) is 0 Å². The number of benzene rings is 1. The Bertz CT molecular complexity index is 415. The van der Waals surface area contributed by atoms with Crippen LogP contribution in [-0.4, -0.2) is 0 Å². The highest BCUT2D eigenvalue weighted by Gasteiger charge is 2.02. The van der Waals surface area contributed by atoms with Gasteiger partial charge in [-0.3, -0.25) is 0 Å². The first-order chi connectivity index (χ1) is 7.29. The van der Waals surface area contributed by atoms with Crippen molar-refractivity contribution >= 4 is 5.70 Å². The van der Waals surface area contributed by atoms with Crippen molar-refractivity contribution in [2.75, 3.05) is 0 Å². The van der Waals surface area contributed by atoms with E-state index < -0.39 is 0 Å². The molecule has 0 aliphatic heterocycles. The van der Waals surface area contributed by atoms with Crippen molar-refractivity contribution in [3.05, 3.63) is 65.1 Å². The van der Waals surface area contributed by atoms with Gasteiger partial charge in [-0.1, -0.05) is 42.0 Å². The van der Waals surface area contributed by atoms with Gasteiger partial charge < -0.3 is 0 Å². The molecule has 0 aliphatic rings. The maximum atomic E-state index is 8.35. The molecular formula is C12H13N3. The third-order valence-electron chi connectivity index (χ3n) is 2.11. The molecule has 0 N–H and O–H groups in total. The fourth-order valence-corrected chi connectivity index (χ4v) is 1.39. The number of hydrogen-bond acceptors (Lipinski definition) is 1. The highest BCUT2D eigenvalue weighted by atomic mass is 15.1. The van der Waals surface area contributed by atoms with Crippen LogP contribution in [0.5, 0.6) is 0 Å². The fourth-order valence-electron chi connectivity index (χ4n) is 1.39. The van der Waals surface area contributed by atoms with E-state index in [1.165, 1.54) is 0 Å². The lowest BCUT2D eigenvalue weighted by Gasteiger charge is -2.06. The van der Waals surface area contributed by atoms with Gasteiger partial charge in [0.1, 0.15) is 0 Å². The van der Waals surface area contributed by atoms with E-state index in [2.05, 4.69) is 23.2 Å². The summed E-state index contributed by atoms with van der Waals surface area (Å²) in [5, 5.41) is 3.52. The van der Waals surface area contributed by atoms with Crippen LogP contribution in [0.3, 0.4) is 0 Å². The molecule has 0 amide bonds. The molecule has 3 heteroatoms. The minimum atomic E-state index is 0.470. The van der Waals surface area contributed by atoms with Gasteiger partial charge in [-0.15, -0.1) is 6.58 Å². The number of rotatable bonds is 5. The SMILES string of the molecule is C=CCCc1ccccc1C(=C)N=[N+]=[N-]. The second kappa shape index (κ2) is 5.68. The molecule has 0 aromatic heterocycles. The van der Waals surface area contributed by atoms with E-state index >= 15 is 0 Å². The molecule has 0 heterocycles. The summed E-state index contributed by atoms with van der Waals surface area (Å²) in [6.45, 7) is 7.42. The Hall–Kier alpha value is -1.99. The molecule has 0 saturated heterocycles. The van der Waals surface area contributed by atoms with E-state index in [4.69, 9.17) is 5.53 Å². The molecule has 0 atom stereocenters. The van der Waals surface area contributed by atoms with E-state index in [9.17, 15) is 0 Å². The lowest BCUT2D eigenvalue weighted by Crippen LogP contribution is -1.90. The van der Waals surface area contributed by atoms with Crippen molar-refractivity contribution in [3.8, 4) is 0 Å². The minimum absolute atomic E-state index is 0.470. The van der Waals surface area contributed by atoms with Crippen LogP contribution in [0.15, 0.2) is 48.6 Å². The van der Waals surface area contributed by atoms with Crippen LogP contribution in [-0.2, 0) is 6.42 Å². The van der Waals surface area contributed by atoms with Gasteiger partial charge in [-0.25, -0.2) is 0 Å². The molecule has 0 radical (unpaired) electrons. The molecule has 0 unspecified atom stereocenters. The topological polar surface area (TPSA) is 48.8 Å². The molecule has 76 valence electrons. The van der Waals surface area contributed by atoms with Crippen molar-refractivity contribution in [1.82, 2.24) is 0 Å². The van der Waals surface area contributed by atoms with E-state index in [0.29, 0.717) is 5.70 Å². The van der Waals surface area contributed by atoms with Gasteiger partial charge in [-0.05, 0) is 29.5 Å². The first-order valence-electron chi connectivity index (χ1n) is 4.72. The molecule has 1 aromatic rings. The average Bonchev–Trinajstić information content (AvgIpc) is 2.27. The molecule has 0 spiro atoms. The Kier molecular flexibility index (Phi) is 4.20. The Balaban J connectivity index is 2.99. The molecule has 0 bridgehead atoms. The van der Waals surface area contributed by atoms with Crippen molar-refractivity contribution in [1.29, 1.82) is 0 Å². The molecule has 15 heavy (non-hydrogen) atoms. The highest BCUT2D eigenvalue weighted by Crippen LogP contribution is 2.20. The standard InChI is InChI=1S/C12H13N3/c1-3-4-7-11-8-5-6-9-12(11)10(2)14-15-13/h3,5-6,8-9H,1-2,4,7H2. The highest BCUT2D eigenvalue weighted by molar-refractivity contribution is 5.65. The van der Waals surface area contributed by atoms with Gasteiger partial charge in [0.25, 0.3) is 0 Å². The summed E-state index contributed by atoms with van der Waals surface area (Å²) in [7, 11) is 0. The summed E-state index contributed by atoms with van der Waals surface area (Å²) in [6, 6.07) is 7.79. The quantitative estimate of drug-likeness (QED) is 0.297. The van der Waals surface area contributed by atoms with Crippen molar-refractivity contribution in [2.24, 2.45) is 5.11 Å². The van der Waals surface area contributed by atoms with Crippen LogP contribution in [0.1, 0.15) is 17.5 Å². The van der Waals surface area contributed by atoms with Gasteiger partial charge >= 0.3 is 0 Å². The summed E-state index contributed by atoms with van der Waals surface area (Å²) in [4.78, 5) is 2.74. The maximum Gasteiger partial charge on any atom is 0.0378 e. The Morgan fingerprint density at radius 3 is 2.87 bits per heavy atom. The van der Waals surface area contributed by atoms with E-state index in [1.54, 1.807) is 0 Å². The van der Waals surface area contributed by atoms with Crippen molar-refractivity contribution < 1.29 is 0 Å². The Morgan fingerprint density at radius 1 is 1.47 bits per heavy atom. The second-order valence-electron chi connectivity index (χ2n) is 3.12. The number of aryl methyl sites for hydroxylation is 1. The maximum absolute atomic E-state index is 8.35. The van der Waals surface area contributed by atoms with Gasteiger partial charge in [-0.2, -0.15) is 0 Å². The Labute approximate surface area is 89.4 Å². The second-order valence-corrected chi connectivity index (χ2v) is 3.12. The zero-order valence-corrected chi connectivity index (χ0v) is 8.56. The first-order valence-corrected chi connectivity index (χ1v) is 4.72. The number of azide groups is 1. The normalized spacial score (nSPS) is 9.07. The summed E-state index contributed by atoms with van der Waals surface area (Å²) in [5.74, 6) is 0. The largest absolute Gasteiger partial charge is 0.103 e. The smallest absolute Gasteiger partial charge is 0.0378 e. The molecular weight excluding hydrogens is 186 g/mol. The van der Waals surface area contributed by atoms with Crippen LogP contribution in [0.2, 0.25) is 0 Å².